The van der Waals surface area contributed by atoms with E-state index in [1.54, 1.807) is 36.4 Å². The second-order valence-electron chi connectivity index (χ2n) is 7.02. The predicted molar refractivity (Wildman–Crippen MR) is 121 cm³/mol. The minimum atomic E-state index is -0.440. The molecule has 6 heteroatoms. The SMILES string of the molecule is Cc1ccccc1NC(=O)c1cc2ccccc2c(N=Nc2ccc(C=O)cc2)c1O. The van der Waals surface area contributed by atoms with Crippen molar-refractivity contribution in [2.45, 2.75) is 6.92 Å². The van der Waals surface area contributed by atoms with Crippen LogP contribution in [0.25, 0.3) is 10.8 Å². The highest BCUT2D eigenvalue weighted by Gasteiger charge is 2.19. The van der Waals surface area contributed by atoms with Crippen LogP contribution in [0.3, 0.4) is 0 Å². The van der Waals surface area contributed by atoms with E-state index >= 15 is 0 Å². The molecule has 0 atom stereocenters. The zero-order chi connectivity index (χ0) is 21.8. The van der Waals surface area contributed by atoms with Crippen molar-refractivity contribution >= 4 is 40.0 Å². The number of amides is 1. The van der Waals surface area contributed by atoms with Crippen molar-refractivity contribution in [1.82, 2.24) is 0 Å². The van der Waals surface area contributed by atoms with Crippen LogP contribution in [0.1, 0.15) is 26.3 Å². The third kappa shape index (κ3) is 4.18. The molecular weight excluding hydrogens is 390 g/mol. The van der Waals surface area contributed by atoms with Crippen LogP contribution in [-0.2, 0) is 0 Å². The van der Waals surface area contributed by atoms with Crippen LogP contribution < -0.4 is 5.32 Å². The van der Waals surface area contributed by atoms with Crippen molar-refractivity contribution in [3.8, 4) is 5.75 Å². The molecule has 31 heavy (non-hydrogen) atoms. The molecule has 0 fully saturated rings. The number of rotatable bonds is 5. The molecule has 0 aliphatic carbocycles. The lowest BCUT2D eigenvalue weighted by Gasteiger charge is -2.12. The highest BCUT2D eigenvalue weighted by Crippen LogP contribution is 2.39. The summed E-state index contributed by atoms with van der Waals surface area (Å²) in [5.41, 5.74) is 2.93. The first-order valence-electron chi connectivity index (χ1n) is 9.65. The van der Waals surface area contributed by atoms with Gasteiger partial charge in [0.1, 0.15) is 12.0 Å². The number of anilines is 1. The van der Waals surface area contributed by atoms with Gasteiger partial charge in [-0.25, -0.2) is 0 Å². The average molecular weight is 409 g/mol. The van der Waals surface area contributed by atoms with Gasteiger partial charge in [-0.1, -0.05) is 42.5 Å². The minimum Gasteiger partial charge on any atom is -0.505 e. The Hall–Kier alpha value is -4.32. The fraction of sp³-hybridized carbons (Fsp3) is 0.0400. The van der Waals surface area contributed by atoms with Crippen LogP contribution in [0.5, 0.6) is 5.75 Å². The molecule has 1 amide bonds. The molecule has 0 saturated carbocycles. The van der Waals surface area contributed by atoms with Crippen LogP contribution in [0, 0.1) is 6.92 Å². The smallest absolute Gasteiger partial charge is 0.259 e. The van der Waals surface area contributed by atoms with E-state index < -0.39 is 5.91 Å². The number of aromatic hydroxyl groups is 1. The van der Waals surface area contributed by atoms with Crippen molar-refractivity contribution in [1.29, 1.82) is 0 Å². The van der Waals surface area contributed by atoms with E-state index in [1.165, 1.54) is 0 Å². The molecule has 4 aromatic carbocycles. The number of phenolic OH excluding ortho intramolecular Hbond substituents is 1. The summed E-state index contributed by atoms with van der Waals surface area (Å²) in [5.74, 6) is -0.692. The molecule has 0 aliphatic heterocycles. The van der Waals surface area contributed by atoms with Crippen LogP contribution in [0.4, 0.5) is 17.1 Å². The van der Waals surface area contributed by atoms with Gasteiger partial charge in [0.2, 0.25) is 0 Å². The van der Waals surface area contributed by atoms with Crippen molar-refractivity contribution < 1.29 is 14.7 Å². The predicted octanol–water partition coefficient (Wildman–Crippen LogP) is 6.33. The quantitative estimate of drug-likeness (QED) is 0.298. The number of nitrogens with one attached hydrogen (secondary N) is 1. The van der Waals surface area contributed by atoms with E-state index in [0.29, 0.717) is 22.3 Å². The first-order valence-corrected chi connectivity index (χ1v) is 9.65. The second-order valence-corrected chi connectivity index (χ2v) is 7.02. The Morgan fingerprint density at radius 3 is 2.39 bits per heavy atom. The Morgan fingerprint density at radius 2 is 1.65 bits per heavy atom. The van der Waals surface area contributed by atoms with Crippen molar-refractivity contribution in [3.05, 3.63) is 95.6 Å². The standard InChI is InChI=1S/C25H19N3O3/c1-16-6-2-5-9-22(16)26-25(31)21-14-18-7-3-4-8-20(18)23(24(21)30)28-27-19-12-10-17(15-29)11-13-19/h2-15,30H,1H3,(H,26,31). The topological polar surface area (TPSA) is 91.1 Å². The number of carbonyl (C=O) groups is 2. The van der Waals surface area contributed by atoms with Gasteiger partial charge in [0.15, 0.2) is 5.75 Å². The number of phenols is 1. The number of hydrogen-bond acceptors (Lipinski definition) is 5. The maximum absolute atomic E-state index is 13.0. The summed E-state index contributed by atoms with van der Waals surface area (Å²) in [5, 5.41) is 23.6. The lowest BCUT2D eigenvalue weighted by molar-refractivity contribution is 0.102. The van der Waals surface area contributed by atoms with Gasteiger partial charge in [0, 0.05) is 16.6 Å². The molecule has 6 nitrogen and oxygen atoms in total. The highest BCUT2D eigenvalue weighted by molar-refractivity contribution is 6.11. The van der Waals surface area contributed by atoms with Gasteiger partial charge in [-0.05, 0) is 54.3 Å². The molecule has 0 radical (unpaired) electrons. The van der Waals surface area contributed by atoms with Gasteiger partial charge in [0.05, 0.1) is 11.3 Å². The normalized spacial score (nSPS) is 11.0. The van der Waals surface area contributed by atoms with Crippen molar-refractivity contribution in [2.24, 2.45) is 10.2 Å². The summed E-state index contributed by atoms with van der Waals surface area (Å²) < 4.78 is 0. The van der Waals surface area contributed by atoms with Gasteiger partial charge in [-0.3, -0.25) is 9.59 Å². The van der Waals surface area contributed by atoms with Gasteiger partial charge in [0.25, 0.3) is 5.91 Å². The summed E-state index contributed by atoms with van der Waals surface area (Å²) in [7, 11) is 0. The van der Waals surface area contributed by atoms with E-state index in [-0.39, 0.29) is 17.0 Å². The van der Waals surface area contributed by atoms with Gasteiger partial charge >= 0.3 is 0 Å². The first kappa shape index (κ1) is 20.0. The Morgan fingerprint density at radius 1 is 0.935 bits per heavy atom. The maximum Gasteiger partial charge on any atom is 0.259 e. The summed E-state index contributed by atoms with van der Waals surface area (Å²) >= 11 is 0. The maximum atomic E-state index is 13.0. The molecule has 0 unspecified atom stereocenters. The zero-order valence-corrected chi connectivity index (χ0v) is 16.7. The largest absolute Gasteiger partial charge is 0.505 e. The number of fused-ring (bicyclic) bond motifs is 1. The van der Waals surface area contributed by atoms with E-state index in [9.17, 15) is 14.7 Å². The van der Waals surface area contributed by atoms with Crippen LogP contribution in [0.2, 0.25) is 0 Å². The number of aldehydes is 1. The fourth-order valence-electron chi connectivity index (χ4n) is 3.22. The third-order valence-electron chi connectivity index (χ3n) is 4.93. The Kier molecular flexibility index (Phi) is 5.53. The minimum absolute atomic E-state index is 0.104. The molecule has 0 aromatic heterocycles. The zero-order valence-electron chi connectivity index (χ0n) is 16.7. The Bertz CT molecular complexity index is 1310. The second kappa shape index (κ2) is 8.59. The number of benzene rings is 4. The molecular formula is C25H19N3O3. The van der Waals surface area contributed by atoms with Crippen molar-refractivity contribution in [3.63, 3.8) is 0 Å². The molecule has 0 saturated heterocycles. The van der Waals surface area contributed by atoms with Gasteiger partial charge in [-0.15, -0.1) is 5.11 Å². The number of hydrogen-bond donors (Lipinski definition) is 2. The lowest BCUT2D eigenvalue weighted by atomic mass is 10.0. The summed E-state index contributed by atoms with van der Waals surface area (Å²) in [6, 6.07) is 22.9. The third-order valence-corrected chi connectivity index (χ3v) is 4.93. The van der Waals surface area contributed by atoms with Gasteiger partial charge < -0.3 is 10.4 Å². The van der Waals surface area contributed by atoms with Crippen molar-refractivity contribution in [2.75, 3.05) is 5.32 Å². The molecule has 152 valence electrons. The number of aryl methyl sites for hydroxylation is 1. The fourth-order valence-corrected chi connectivity index (χ4v) is 3.22. The number of carbonyl (C=O) groups excluding carboxylic acids is 2. The van der Waals surface area contributed by atoms with E-state index in [4.69, 9.17) is 0 Å². The van der Waals surface area contributed by atoms with Crippen LogP contribution >= 0.6 is 0 Å². The molecule has 0 bridgehead atoms. The highest BCUT2D eigenvalue weighted by atomic mass is 16.3. The molecule has 2 N–H and O–H groups in total. The molecule has 0 heterocycles. The monoisotopic (exact) mass is 409 g/mol. The molecule has 4 rings (SSSR count). The van der Waals surface area contributed by atoms with E-state index in [2.05, 4.69) is 15.5 Å². The Balaban J connectivity index is 1.76. The lowest BCUT2D eigenvalue weighted by Crippen LogP contribution is -2.13. The molecule has 0 aliphatic rings. The van der Waals surface area contributed by atoms with Crippen LogP contribution in [-0.4, -0.2) is 17.3 Å². The summed E-state index contributed by atoms with van der Waals surface area (Å²) in [4.78, 5) is 23.8. The van der Waals surface area contributed by atoms with E-state index in [0.717, 1.165) is 17.2 Å². The van der Waals surface area contributed by atoms with Crippen LogP contribution in [0.15, 0.2) is 89.1 Å². The Labute approximate surface area is 178 Å². The number of azo groups is 1. The first-order chi connectivity index (χ1) is 15.1. The number of para-hydroxylation sites is 1. The summed E-state index contributed by atoms with van der Waals surface area (Å²) in [6.45, 7) is 1.89. The number of nitrogens with zero attached hydrogens (tertiary/aromatic N) is 2. The summed E-state index contributed by atoms with van der Waals surface area (Å²) in [6.07, 6.45) is 0.747. The molecule has 4 aromatic rings. The molecule has 0 spiro atoms. The van der Waals surface area contributed by atoms with Gasteiger partial charge in [-0.2, -0.15) is 5.11 Å². The van der Waals surface area contributed by atoms with E-state index in [1.807, 2.05) is 49.4 Å². The average Bonchev–Trinajstić information content (AvgIpc) is 2.80.